The number of carbonyl (C=O) groups is 7. The maximum Gasteiger partial charge on any atom is 0.310 e. The van der Waals surface area contributed by atoms with Crippen molar-refractivity contribution in [1.82, 2.24) is 26.2 Å². The van der Waals surface area contributed by atoms with Crippen molar-refractivity contribution in [1.29, 1.82) is 0 Å². The third-order valence-electron chi connectivity index (χ3n) is 7.55. The van der Waals surface area contributed by atoms with E-state index in [4.69, 9.17) is 11.5 Å². The minimum absolute atomic E-state index is 0.132. The molecule has 0 bridgehead atoms. The van der Waals surface area contributed by atoms with Crippen molar-refractivity contribution in [2.45, 2.75) is 56.8 Å². The van der Waals surface area contributed by atoms with E-state index in [1.807, 2.05) is 0 Å². The minimum atomic E-state index is -1.73. The summed E-state index contributed by atoms with van der Waals surface area (Å²) in [6.07, 6.45) is -0.577. The fraction of sp³-hybridized carbons (Fsp3) is 0.367. The van der Waals surface area contributed by atoms with Gasteiger partial charge < -0.3 is 47.8 Å². The molecule has 1 fully saturated rings. The number of nitro groups is 1. The number of carbonyl (C=O) groups excluding carboxylic acids is 6. The number of carboxylic acid groups (broad SMARTS) is 1. The number of aliphatic carboxylic acids is 1. The third-order valence-corrected chi connectivity index (χ3v) is 7.55. The zero-order valence-corrected chi connectivity index (χ0v) is 26.2. The number of phenols is 1. The third kappa shape index (κ3) is 10.1. The number of likely N-dealkylation sites (tertiary alicyclic amines) is 1. The summed E-state index contributed by atoms with van der Waals surface area (Å²) in [6, 6.07) is 4.28. The quantitative estimate of drug-likeness (QED) is 0.0590. The van der Waals surface area contributed by atoms with Gasteiger partial charge in [0.15, 0.2) is 5.75 Å². The monoisotopic (exact) mass is 684 g/mol. The Hall–Kier alpha value is -6.27. The highest BCUT2D eigenvalue weighted by Crippen LogP contribution is 2.27. The Morgan fingerprint density at radius 3 is 2.37 bits per heavy atom. The van der Waals surface area contributed by atoms with Crippen molar-refractivity contribution in [3.63, 3.8) is 0 Å². The summed E-state index contributed by atoms with van der Waals surface area (Å²) < 4.78 is 0. The van der Waals surface area contributed by atoms with Crippen molar-refractivity contribution in [3.8, 4) is 5.75 Å². The number of anilines is 1. The van der Waals surface area contributed by atoms with Crippen LogP contribution in [0.3, 0.4) is 0 Å². The van der Waals surface area contributed by atoms with Crippen LogP contribution in [0.1, 0.15) is 42.1 Å². The first-order chi connectivity index (χ1) is 23.1. The topological polar surface area (TPSA) is 306 Å². The molecular weight excluding hydrogens is 648 g/mol. The molecule has 1 aliphatic rings. The number of nitrogen functional groups attached to an aromatic ring is 1. The highest BCUT2D eigenvalue weighted by molar-refractivity contribution is 6.02. The molecule has 0 aromatic heterocycles. The lowest BCUT2D eigenvalue weighted by atomic mass is 10.0. The van der Waals surface area contributed by atoms with E-state index >= 15 is 0 Å². The molecule has 262 valence electrons. The number of nitrogens with zero attached hydrogens (tertiary/aromatic N) is 2. The van der Waals surface area contributed by atoms with Gasteiger partial charge in [-0.3, -0.25) is 43.7 Å². The van der Waals surface area contributed by atoms with Gasteiger partial charge in [0.05, 0.1) is 23.5 Å². The number of para-hydroxylation sites is 1. The van der Waals surface area contributed by atoms with Gasteiger partial charge in [-0.2, -0.15) is 0 Å². The van der Waals surface area contributed by atoms with Crippen LogP contribution >= 0.6 is 0 Å². The Bertz CT molecular complexity index is 1650. The number of phenolic OH excluding ortho intramolecular Hbond substituents is 1. The van der Waals surface area contributed by atoms with E-state index in [9.17, 15) is 53.9 Å². The molecule has 49 heavy (non-hydrogen) atoms. The van der Waals surface area contributed by atoms with E-state index in [1.165, 1.54) is 30.0 Å². The smallest absolute Gasteiger partial charge is 0.310 e. The fourth-order valence-electron chi connectivity index (χ4n) is 5.08. The second kappa shape index (κ2) is 16.5. The Balaban J connectivity index is 1.59. The summed E-state index contributed by atoms with van der Waals surface area (Å²) in [5.41, 5.74) is 11.1. The number of nitrogens with one attached hydrogen (secondary N) is 4. The molecule has 0 radical (unpaired) electrons. The number of carboxylic acids is 1. The molecule has 0 spiro atoms. The first kappa shape index (κ1) is 37.2. The van der Waals surface area contributed by atoms with E-state index in [0.29, 0.717) is 6.42 Å². The molecule has 3 rings (SSSR count). The molecule has 0 aliphatic carbocycles. The van der Waals surface area contributed by atoms with Crippen molar-refractivity contribution in [2.75, 3.05) is 18.8 Å². The zero-order valence-electron chi connectivity index (χ0n) is 26.2. The van der Waals surface area contributed by atoms with E-state index < -0.39 is 94.9 Å². The number of aromatic hydroxyl groups is 1. The van der Waals surface area contributed by atoms with Crippen LogP contribution in [0, 0.1) is 10.1 Å². The standard InChI is InChI=1S/C30H36N8O11/c1-15(34-27(44)17-5-2-3-6-18(17)31)30(47)37-10-4-7-21(37)29(46)33-14-24(40)35-20(13-25(41)42)28(45)36-19(26(32)43)11-16-8-9-23(39)22(12-16)38(48)49/h2-3,5-6,8-9,12,15,19-21,39H,4,7,10-11,13-14,31H2,1H3,(H2,32,43)(H,33,46)(H,34,44)(H,35,40)(H,36,45)(H,41,42)/t15-,19-,20-,21-/m0/s1. The first-order valence-corrected chi connectivity index (χ1v) is 14.9. The lowest BCUT2D eigenvalue weighted by Gasteiger charge is -2.27. The van der Waals surface area contributed by atoms with Gasteiger partial charge in [-0.15, -0.1) is 0 Å². The highest BCUT2D eigenvalue weighted by atomic mass is 16.6. The summed E-state index contributed by atoms with van der Waals surface area (Å²) >= 11 is 0. The largest absolute Gasteiger partial charge is 0.502 e. The number of nitrogens with two attached hydrogens (primary N) is 2. The van der Waals surface area contributed by atoms with Crippen LogP contribution in [-0.4, -0.2) is 98.7 Å². The van der Waals surface area contributed by atoms with Crippen molar-refractivity contribution >= 4 is 52.8 Å². The zero-order chi connectivity index (χ0) is 36.4. The number of hydrogen-bond acceptors (Lipinski definition) is 11. The second-order valence-corrected chi connectivity index (χ2v) is 11.2. The average Bonchev–Trinajstić information content (AvgIpc) is 3.53. The number of amides is 6. The summed E-state index contributed by atoms with van der Waals surface area (Å²) in [6.45, 7) is 0.942. The maximum absolute atomic E-state index is 13.1. The van der Waals surface area contributed by atoms with Crippen LogP contribution in [-0.2, 0) is 35.2 Å². The van der Waals surface area contributed by atoms with Crippen molar-refractivity contribution in [3.05, 3.63) is 63.7 Å². The lowest BCUT2D eigenvalue weighted by molar-refractivity contribution is -0.385. The average molecular weight is 685 g/mol. The predicted octanol–water partition coefficient (Wildman–Crippen LogP) is -1.72. The van der Waals surface area contributed by atoms with Gasteiger partial charge in [0.1, 0.15) is 24.2 Å². The van der Waals surface area contributed by atoms with Crippen LogP contribution in [0.15, 0.2) is 42.5 Å². The molecule has 1 aliphatic heterocycles. The molecule has 6 amide bonds. The number of primary amides is 1. The Morgan fingerprint density at radius 2 is 1.73 bits per heavy atom. The molecule has 1 heterocycles. The van der Waals surface area contributed by atoms with Crippen LogP contribution in [0.25, 0.3) is 0 Å². The van der Waals surface area contributed by atoms with Gasteiger partial charge >= 0.3 is 11.7 Å². The van der Waals surface area contributed by atoms with Crippen LogP contribution in [0.5, 0.6) is 5.75 Å². The molecule has 2 aromatic rings. The van der Waals surface area contributed by atoms with Crippen LogP contribution in [0.4, 0.5) is 11.4 Å². The SMILES string of the molecule is C[C@H](NC(=O)c1ccccc1N)C(=O)N1CCC[C@H]1C(=O)NCC(=O)N[C@@H](CC(=O)O)C(=O)N[C@@H](Cc1ccc(O)c([N+](=O)[O-])c1)C(N)=O. The molecule has 19 nitrogen and oxygen atoms in total. The van der Waals surface area contributed by atoms with E-state index in [-0.39, 0.29) is 36.2 Å². The highest BCUT2D eigenvalue weighted by Gasteiger charge is 2.37. The molecule has 0 unspecified atom stereocenters. The van der Waals surface area contributed by atoms with Crippen LogP contribution in [0.2, 0.25) is 0 Å². The number of rotatable bonds is 15. The van der Waals surface area contributed by atoms with Gasteiger partial charge in [-0.1, -0.05) is 18.2 Å². The number of hydrogen-bond donors (Lipinski definition) is 8. The molecule has 4 atom stereocenters. The van der Waals surface area contributed by atoms with Gasteiger partial charge in [0, 0.05) is 24.7 Å². The summed E-state index contributed by atoms with van der Waals surface area (Å²) in [5.74, 6) is -7.14. The maximum atomic E-state index is 13.1. The summed E-state index contributed by atoms with van der Waals surface area (Å²) in [4.78, 5) is 99.4. The fourth-order valence-corrected chi connectivity index (χ4v) is 5.08. The lowest BCUT2D eigenvalue weighted by Crippen LogP contribution is -2.56. The van der Waals surface area contributed by atoms with Gasteiger partial charge in [-0.25, -0.2) is 0 Å². The molecule has 10 N–H and O–H groups in total. The number of benzene rings is 2. The van der Waals surface area contributed by atoms with Crippen molar-refractivity contribution in [2.24, 2.45) is 5.73 Å². The Labute approximate surface area is 278 Å². The van der Waals surface area contributed by atoms with Gasteiger partial charge in [0.2, 0.25) is 29.5 Å². The normalized spacial score (nSPS) is 15.6. The van der Waals surface area contributed by atoms with E-state index in [1.54, 1.807) is 12.1 Å². The van der Waals surface area contributed by atoms with Crippen molar-refractivity contribution < 1.29 is 48.7 Å². The second-order valence-electron chi connectivity index (χ2n) is 11.2. The van der Waals surface area contributed by atoms with Gasteiger partial charge in [0.25, 0.3) is 5.91 Å². The predicted molar refractivity (Wildman–Crippen MR) is 169 cm³/mol. The summed E-state index contributed by atoms with van der Waals surface area (Å²) in [7, 11) is 0. The number of nitro benzene ring substituents is 1. The molecule has 0 saturated carbocycles. The molecule has 19 heteroatoms. The Kier molecular flexibility index (Phi) is 12.5. The minimum Gasteiger partial charge on any atom is -0.502 e. The van der Waals surface area contributed by atoms with E-state index in [2.05, 4.69) is 21.3 Å². The molecule has 2 aromatic carbocycles. The van der Waals surface area contributed by atoms with Gasteiger partial charge in [-0.05, 0) is 43.5 Å². The Morgan fingerprint density at radius 1 is 1.04 bits per heavy atom. The molecule has 1 saturated heterocycles. The van der Waals surface area contributed by atoms with E-state index in [0.717, 1.165) is 12.1 Å². The van der Waals surface area contributed by atoms with Crippen LogP contribution < -0.4 is 32.7 Å². The summed E-state index contributed by atoms with van der Waals surface area (Å²) in [5, 5.41) is 39.4. The first-order valence-electron chi connectivity index (χ1n) is 14.9. The molecular formula is C30H36N8O11.